The summed E-state index contributed by atoms with van der Waals surface area (Å²) in [5.74, 6) is 5.07. The summed E-state index contributed by atoms with van der Waals surface area (Å²) < 4.78 is 18.8. The highest BCUT2D eigenvalue weighted by Crippen LogP contribution is 2.30. The average molecular weight is 255 g/mol. The van der Waals surface area contributed by atoms with Gasteiger partial charge in [-0.2, -0.15) is 4.98 Å². The first-order chi connectivity index (χ1) is 8.63. The Morgan fingerprint density at radius 3 is 2.89 bits per heavy atom. The molecule has 0 atom stereocenters. The van der Waals surface area contributed by atoms with Gasteiger partial charge in [0.05, 0.1) is 6.20 Å². The minimum Gasteiger partial charge on any atom is -0.381 e. The molecule has 7 heteroatoms. The van der Waals surface area contributed by atoms with Gasteiger partial charge in [-0.3, -0.25) is 5.43 Å². The van der Waals surface area contributed by atoms with Gasteiger partial charge in [-0.15, -0.1) is 0 Å². The fourth-order valence-corrected chi connectivity index (χ4v) is 1.90. The highest BCUT2D eigenvalue weighted by atomic mass is 19.1. The summed E-state index contributed by atoms with van der Waals surface area (Å²) in [5.41, 5.74) is 2.40. The smallest absolute Gasteiger partial charge is 0.239 e. The van der Waals surface area contributed by atoms with Crippen LogP contribution < -0.4 is 16.6 Å². The Hall–Kier alpha value is -1.47. The maximum atomic E-state index is 13.5. The van der Waals surface area contributed by atoms with Crippen LogP contribution in [-0.2, 0) is 4.74 Å². The Morgan fingerprint density at radius 2 is 2.22 bits per heavy atom. The molecule has 1 aromatic rings. The average Bonchev–Trinajstić information content (AvgIpc) is 2.39. The molecule has 1 aliphatic rings. The lowest BCUT2D eigenvalue weighted by molar-refractivity contribution is 0.0299. The minimum absolute atomic E-state index is 0.103. The summed E-state index contributed by atoms with van der Waals surface area (Å²) in [5, 5.41) is 3.02. The van der Waals surface area contributed by atoms with Gasteiger partial charge in [0.1, 0.15) is 0 Å². The fraction of sp³-hybridized carbons (Fsp3) is 0.636. The van der Waals surface area contributed by atoms with Crippen molar-refractivity contribution in [3.8, 4) is 0 Å². The molecule has 1 fully saturated rings. The maximum absolute atomic E-state index is 13.5. The molecule has 1 aromatic heterocycles. The van der Waals surface area contributed by atoms with Crippen molar-refractivity contribution in [3.63, 3.8) is 0 Å². The van der Waals surface area contributed by atoms with Crippen LogP contribution in [0.5, 0.6) is 0 Å². The normalized spacial score (nSPS) is 18.4. The van der Waals surface area contributed by atoms with E-state index in [1.807, 2.05) is 0 Å². The van der Waals surface area contributed by atoms with E-state index in [9.17, 15) is 4.39 Å². The van der Waals surface area contributed by atoms with E-state index in [0.29, 0.717) is 6.54 Å². The van der Waals surface area contributed by atoms with Crippen molar-refractivity contribution >= 4 is 11.8 Å². The number of hydrogen-bond acceptors (Lipinski definition) is 6. The molecule has 0 spiro atoms. The van der Waals surface area contributed by atoms with E-state index in [4.69, 9.17) is 10.6 Å². The molecule has 0 radical (unpaired) electrons. The van der Waals surface area contributed by atoms with Crippen molar-refractivity contribution < 1.29 is 9.13 Å². The second kappa shape index (κ2) is 5.45. The van der Waals surface area contributed by atoms with E-state index in [1.54, 1.807) is 0 Å². The van der Waals surface area contributed by atoms with Crippen molar-refractivity contribution in [2.75, 3.05) is 30.5 Å². The molecular formula is C11H18FN5O. The summed E-state index contributed by atoms with van der Waals surface area (Å²) in [6.45, 7) is 4.30. The predicted octanol–water partition coefficient (Wildman–Crippen LogP) is 1.13. The standard InChI is InChI=1S/C11H18FN5O/c1-11(2-4-18-5-3-11)7-15-9-8(12)6-14-10(16-9)17-13/h6H,2-5,7,13H2,1H3,(H2,14,15,16,17). The van der Waals surface area contributed by atoms with Crippen molar-refractivity contribution in [2.45, 2.75) is 19.8 Å². The number of aromatic nitrogens is 2. The molecule has 4 N–H and O–H groups in total. The lowest BCUT2D eigenvalue weighted by Crippen LogP contribution is -2.33. The maximum Gasteiger partial charge on any atom is 0.239 e. The number of anilines is 2. The number of ether oxygens (including phenoxy) is 1. The van der Waals surface area contributed by atoms with Crippen molar-refractivity contribution in [2.24, 2.45) is 11.3 Å². The van der Waals surface area contributed by atoms with E-state index in [-0.39, 0.29) is 17.2 Å². The van der Waals surface area contributed by atoms with E-state index in [0.717, 1.165) is 32.3 Å². The van der Waals surface area contributed by atoms with Gasteiger partial charge in [0.2, 0.25) is 5.95 Å². The van der Waals surface area contributed by atoms with E-state index in [2.05, 4.69) is 27.6 Å². The van der Waals surface area contributed by atoms with Crippen LogP contribution in [-0.4, -0.2) is 29.7 Å². The van der Waals surface area contributed by atoms with Gasteiger partial charge < -0.3 is 10.1 Å². The first-order valence-electron chi connectivity index (χ1n) is 5.94. The number of hydrazine groups is 1. The van der Waals surface area contributed by atoms with Crippen LogP contribution in [0.2, 0.25) is 0 Å². The van der Waals surface area contributed by atoms with Crippen LogP contribution in [0.25, 0.3) is 0 Å². The van der Waals surface area contributed by atoms with Crippen LogP contribution in [0.1, 0.15) is 19.8 Å². The summed E-state index contributed by atoms with van der Waals surface area (Å²) in [6, 6.07) is 0. The lowest BCUT2D eigenvalue weighted by atomic mass is 9.82. The van der Waals surface area contributed by atoms with Gasteiger partial charge in [0.25, 0.3) is 0 Å². The van der Waals surface area contributed by atoms with Crippen LogP contribution >= 0.6 is 0 Å². The van der Waals surface area contributed by atoms with Crippen LogP contribution in [0.15, 0.2) is 6.20 Å². The van der Waals surface area contributed by atoms with E-state index >= 15 is 0 Å². The molecule has 0 aromatic carbocycles. The Kier molecular flexibility index (Phi) is 3.93. The summed E-state index contributed by atoms with van der Waals surface area (Å²) in [6.07, 6.45) is 3.00. The lowest BCUT2D eigenvalue weighted by Gasteiger charge is -2.33. The molecule has 0 unspecified atom stereocenters. The molecule has 0 bridgehead atoms. The summed E-state index contributed by atoms with van der Waals surface area (Å²) in [7, 11) is 0. The first kappa shape index (κ1) is 13.0. The molecule has 0 saturated carbocycles. The summed E-state index contributed by atoms with van der Waals surface area (Å²) in [4.78, 5) is 7.63. The number of hydrogen-bond donors (Lipinski definition) is 3. The molecule has 1 aliphatic heterocycles. The molecule has 1 saturated heterocycles. The number of nitrogens with zero attached hydrogens (tertiary/aromatic N) is 2. The van der Waals surface area contributed by atoms with Gasteiger partial charge in [-0.1, -0.05) is 6.92 Å². The molecule has 0 amide bonds. The molecule has 100 valence electrons. The van der Waals surface area contributed by atoms with E-state index in [1.165, 1.54) is 0 Å². The molecule has 2 heterocycles. The SMILES string of the molecule is CC1(CNc2nc(NN)ncc2F)CCOCC1. The monoisotopic (exact) mass is 255 g/mol. The first-order valence-corrected chi connectivity index (χ1v) is 5.94. The fourth-order valence-electron chi connectivity index (χ4n) is 1.90. The molecular weight excluding hydrogens is 237 g/mol. The second-order valence-electron chi connectivity index (χ2n) is 4.81. The third-order valence-corrected chi connectivity index (χ3v) is 3.26. The number of nitrogens with one attached hydrogen (secondary N) is 2. The number of rotatable bonds is 4. The minimum atomic E-state index is -0.482. The zero-order chi connectivity index (χ0) is 13.0. The Labute approximate surface area is 105 Å². The quantitative estimate of drug-likeness (QED) is 0.552. The van der Waals surface area contributed by atoms with Crippen LogP contribution in [0.3, 0.4) is 0 Å². The van der Waals surface area contributed by atoms with Gasteiger partial charge in [0, 0.05) is 19.8 Å². The second-order valence-corrected chi connectivity index (χ2v) is 4.81. The van der Waals surface area contributed by atoms with Gasteiger partial charge >= 0.3 is 0 Å². The topological polar surface area (TPSA) is 85.1 Å². The van der Waals surface area contributed by atoms with Gasteiger partial charge in [-0.25, -0.2) is 15.2 Å². The highest BCUT2D eigenvalue weighted by Gasteiger charge is 2.27. The van der Waals surface area contributed by atoms with Gasteiger partial charge in [-0.05, 0) is 18.3 Å². The third kappa shape index (κ3) is 3.05. The zero-order valence-corrected chi connectivity index (χ0v) is 10.4. The third-order valence-electron chi connectivity index (χ3n) is 3.26. The van der Waals surface area contributed by atoms with E-state index < -0.39 is 5.82 Å². The Balaban J connectivity index is 2.00. The highest BCUT2D eigenvalue weighted by molar-refractivity contribution is 5.40. The van der Waals surface area contributed by atoms with Gasteiger partial charge in [0.15, 0.2) is 11.6 Å². The summed E-state index contributed by atoms with van der Waals surface area (Å²) >= 11 is 0. The predicted molar refractivity (Wildman–Crippen MR) is 66.4 cm³/mol. The molecule has 6 nitrogen and oxygen atoms in total. The molecule has 0 aliphatic carbocycles. The van der Waals surface area contributed by atoms with Crippen LogP contribution in [0, 0.1) is 11.2 Å². The van der Waals surface area contributed by atoms with Crippen LogP contribution in [0.4, 0.5) is 16.2 Å². The number of halogens is 1. The Bertz CT molecular complexity index is 408. The van der Waals surface area contributed by atoms with Crippen molar-refractivity contribution in [1.29, 1.82) is 0 Å². The number of nitrogens with two attached hydrogens (primary N) is 1. The Morgan fingerprint density at radius 1 is 1.50 bits per heavy atom. The van der Waals surface area contributed by atoms with Crippen molar-refractivity contribution in [3.05, 3.63) is 12.0 Å². The molecule has 18 heavy (non-hydrogen) atoms. The number of nitrogen functional groups attached to an aromatic ring is 1. The molecule has 2 rings (SSSR count). The largest absolute Gasteiger partial charge is 0.381 e. The van der Waals surface area contributed by atoms with Crippen molar-refractivity contribution in [1.82, 2.24) is 9.97 Å². The zero-order valence-electron chi connectivity index (χ0n) is 10.4.